The molecule has 0 spiro atoms. The van der Waals surface area contributed by atoms with E-state index < -0.39 is 0 Å². The van der Waals surface area contributed by atoms with Gasteiger partial charge in [-0.1, -0.05) is 42.5 Å². The Morgan fingerprint density at radius 1 is 1.10 bits per heavy atom. The molecule has 0 aliphatic rings. The van der Waals surface area contributed by atoms with E-state index in [1.165, 1.54) is 6.07 Å². The molecule has 2 aromatic carbocycles. The highest BCUT2D eigenvalue weighted by Gasteiger charge is 2.21. The van der Waals surface area contributed by atoms with Gasteiger partial charge < -0.3 is 10.0 Å². The van der Waals surface area contributed by atoms with Gasteiger partial charge in [0.2, 0.25) is 0 Å². The molecule has 0 saturated carbocycles. The van der Waals surface area contributed by atoms with Crippen molar-refractivity contribution in [1.29, 1.82) is 0 Å². The van der Waals surface area contributed by atoms with Gasteiger partial charge in [-0.3, -0.25) is 4.79 Å². The predicted molar refractivity (Wildman–Crippen MR) is 84.6 cm³/mol. The molecule has 0 aliphatic heterocycles. The minimum absolute atomic E-state index is 0.0726. The van der Waals surface area contributed by atoms with Crippen LogP contribution in [0.25, 0.3) is 0 Å². The summed E-state index contributed by atoms with van der Waals surface area (Å²) >= 11 is 0. The Morgan fingerprint density at radius 3 is 2.43 bits per heavy atom. The summed E-state index contributed by atoms with van der Waals surface area (Å²) in [6.07, 6.45) is 0.702. The number of hydrogen-bond acceptors (Lipinski definition) is 3. The lowest BCUT2D eigenvalue weighted by atomic mass is 9.91. The van der Waals surface area contributed by atoms with E-state index in [-0.39, 0.29) is 17.5 Å². The second kappa shape index (κ2) is 7.04. The molecule has 21 heavy (non-hydrogen) atoms. The van der Waals surface area contributed by atoms with Crippen molar-refractivity contribution in [1.82, 2.24) is 4.90 Å². The van der Waals surface area contributed by atoms with Gasteiger partial charge in [0.1, 0.15) is 5.75 Å². The SMILES string of the molecule is CN(C)C[C@H](Cc1ccccc1)C(=O)c1cccc(O)c1. The van der Waals surface area contributed by atoms with Crippen LogP contribution in [0.4, 0.5) is 0 Å². The van der Waals surface area contributed by atoms with Crippen LogP contribution in [-0.4, -0.2) is 36.4 Å². The topological polar surface area (TPSA) is 40.5 Å². The van der Waals surface area contributed by atoms with Gasteiger partial charge in [-0.05, 0) is 38.2 Å². The quantitative estimate of drug-likeness (QED) is 0.829. The highest BCUT2D eigenvalue weighted by Crippen LogP contribution is 2.19. The average Bonchev–Trinajstić information content (AvgIpc) is 2.46. The molecule has 1 atom stereocenters. The summed E-state index contributed by atoms with van der Waals surface area (Å²) in [7, 11) is 3.93. The van der Waals surface area contributed by atoms with Crippen LogP contribution >= 0.6 is 0 Å². The van der Waals surface area contributed by atoms with Crippen LogP contribution in [0, 0.1) is 5.92 Å². The van der Waals surface area contributed by atoms with E-state index in [2.05, 4.69) is 0 Å². The Hall–Kier alpha value is -2.13. The summed E-state index contributed by atoms with van der Waals surface area (Å²) < 4.78 is 0. The largest absolute Gasteiger partial charge is 0.508 e. The highest BCUT2D eigenvalue weighted by molar-refractivity contribution is 5.98. The van der Waals surface area contributed by atoms with Gasteiger partial charge in [0.25, 0.3) is 0 Å². The Kier molecular flexibility index (Phi) is 5.12. The van der Waals surface area contributed by atoms with Gasteiger partial charge in [-0.25, -0.2) is 0 Å². The minimum atomic E-state index is -0.121. The van der Waals surface area contributed by atoms with Crippen LogP contribution in [0.2, 0.25) is 0 Å². The summed E-state index contributed by atoms with van der Waals surface area (Å²) in [5.74, 6) is 0.0804. The van der Waals surface area contributed by atoms with E-state index in [4.69, 9.17) is 0 Å². The molecule has 0 radical (unpaired) electrons. The Balaban J connectivity index is 2.21. The molecule has 3 nitrogen and oxygen atoms in total. The molecular formula is C18H21NO2. The van der Waals surface area contributed by atoms with E-state index in [0.29, 0.717) is 18.5 Å². The molecule has 0 unspecified atom stereocenters. The molecule has 3 heteroatoms. The Bertz CT molecular complexity index is 593. The van der Waals surface area contributed by atoms with Crippen molar-refractivity contribution in [3.63, 3.8) is 0 Å². The first-order valence-electron chi connectivity index (χ1n) is 7.08. The molecule has 0 amide bonds. The van der Waals surface area contributed by atoms with Crippen molar-refractivity contribution in [2.24, 2.45) is 5.92 Å². The lowest BCUT2D eigenvalue weighted by Gasteiger charge is -2.20. The molecule has 0 aliphatic carbocycles. The fourth-order valence-electron chi connectivity index (χ4n) is 2.47. The third-order valence-corrected chi connectivity index (χ3v) is 3.41. The predicted octanol–water partition coefficient (Wildman–Crippen LogP) is 3.00. The van der Waals surface area contributed by atoms with Gasteiger partial charge in [0, 0.05) is 18.0 Å². The third-order valence-electron chi connectivity index (χ3n) is 3.41. The first-order chi connectivity index (χ1) is 10.1. The normalized spacial score (nSPS) is 12.3. The maximum Gasteiger partial charge on any atom is 0.167 e. The minimum Gasteiger partial charge on any atom is -0.508 e. The van der Waals surface area contributed by atoms with E-state index in [9.17, 15) is 9.90 Å². The van der Waals surface area contributed by atoms with E-state index >= 15 is 0 Å². The molecule has 2 rings (SSSR count). The number of carbonyl (C=O) groups excluding carboxylic acids is 1. The summed E-state index contributed by atoms with van der Waals surface area (Å²) in [5, 5.41) is 9.55. The van der Waals surface area contributed by atoms with E-state index in [1.54, 1.807) is 18.2 Å². The summed E-state index contributed by atoms with van der Waals surface area (Å²) in [4.78, 5) is 14.7. The third kappa shape index (κ3) is 4.43. The van der Waals surface area contributed by atoms with Crippen LogP contribution in [0.15, 0.2) is 54.6 Å². The van der Waals surface area contributed by atoms with Gasteiger partial charge in [0.05, 0.1) is 0 Å². The average molecular weight is 283 g/mol. The molecule has 0 heterocycles. The number of phenolic OH excluding ortho intramolecular Hbond substituents is 1. The van der Waals surface area contributed by atoms with Gasteiger partial charge in [-0.15, -0.1) is 0 Å². The zero-order chi connectivity index (χ0) is 15.2. The van der Waals surface area contributed by atoms with Gasteiger partial charge >= 0.3 is 0 Å². The van der Waals surface area contributed by atoms with Crippen LogP contribution in [0.3, 0.4) is 0 Å². The van der Waals surface area contributed by atoms with Crippen molar-refractivity contribution in [2.75, 3.05) is 20.6 Å². The maximum absolute atomic E-state index is 12.7. The highest BCUT2D eigenvalue weighted by atomic mass is 16.3. The second-order valence-electron chi connectivity index (χ2n) is 5.56. The van der Waals surface area contributed by atoms with E-state index in [0.717, 1.165) is 5.56 Å². The molecule has 0 fully saturated rings. The van der Waals surface area contributed by atoms with Crippen LogP contribution in [0.5, 0.6) is 5.75 Å². The summed E-state index contributed by atoms with van der Waals surface area (Å²) in [6, 6.07) is 16.6. The number of hydrogen-bond donors (Lipinski definition) is 1. The van der Waals surface area contributed by atoms with Gasteiger partial charge in [0.15, 0.2) is 5.78 Å². The van der Waals surface area contributed by atoms with Crippen molar-refractivity contribution in [3.8, 4) is 5.75 Å². The molecule has 2 aromatic rings. The van der Waals surface area contributed by atoms with Crippen molar-refractivity contribution in [3.05, 3.63) is 65.7 Å². The number of rotatable bonds is 6. The number of Topliss-reactive ketones (excluding diaryl/α,β-unsaturated/α-hetero) is 1. The summed E-state index contributed by atoms with van der Waals surface area (Å²) in [5.41, 5.74) is 1.72. The van der Waals surface area contributed by atoms with Crippen molar-refractivity contribution in [2.45, 2.75) is 6.42 Å². The van der Waals surface area contributed by atoms with Gasteiger partial charge in [-0.2, -0.15) is 0 Å². The first kappa shape index (κ1) is 15.3. The van der Waals surface area contributed by atoms with Crippen LogP contribution in [0.1, 0.15) is 15.9 Å². The monoisotopic (exact) mass is 283 g/mol. The number of aromatic hydroxyl groups is 1. The lowest BCUT2D eigenvalue weighted by molar-refractivity contribution is 0.0896. The fraction of sp³-hybridized carbons (Fsp3) is 0.278. The van der Waals surface area contributed by atoms with Crippen molar-refractivity contribution < 1.29 is 9.90 Å². The molecule has 110 valence electrons. The zero-order valence-corrected chi connectivity index (χ0v) is 12.5. The number of benzene rings is 2. The lowest BCUT2D eigenvalue weighted by Crippen LogP contribution is -2.29. The summed E-state index contributed by atoms with van der Waals surface area (Å²) in [6.45, 7) is 0.684. The first-order valence-corrected chi connectivity index (χ1v) is 7.08. The number of phenols is 1. The zero-order valence-electron chi connectivity index (χ0n) is 12.5. The number of carbonyl (C=O) groups is 1. The smallest absolute Gasteiger partial charge is 0.167 e. The second-order valence-corrected chi connectivity index (χ2v) is 5.56. The molecule has 0 bridgehead atoms. The molecule has 0 saturated heterocycles. The van der Waals surface area contributed by atoms with Crippen molar-refractivity contribution >= 4 is 5.78 Å². The molecular weight excluding hydrogens is 262 g/mol. The van der Waals surface area contributed by atoms with Crippen LogP contribution < -0.4 is 0 Å². The number of nitrogens with zero attached hydrogens (tertiary/aromatic N) is 1. The van der Waals surface area contributed by atoms with Crippen LogP contribution in [-0.2, 0) is 6.42 Å². The maximum atomic E-state index is 12.7. The Labute approximate surface area is 125 Å². The standard InChI is InChI=1S/C18H21NO2/c1-19(2)13-16(11-14-7-4-3-5-8-14)18(21)15-9-6-10-17(20)12-15/h3-10,12,16,20H,11,13H2,1-2H3/t16-/m0/s1. The van der Waals surface area contributed by atoms with E-state index in [1.807, 2.05) is 49.3 Å². The molecule has 1 N–H and O–H groups in total. The number of ketones is 1. The Morgan fingerprint density at radius 2 is 1.81 bits per heavy atom. The fourth-order valence-corrected chi connectivity index (χ4v) is 2.47. The molecule has 0 aromatic heterocycles.